The Kier molecular flexibility index (Phi) is 6.77. The maximum absolute atomic E-state index is 12.6. The summed E-state index contributed by atoms with van der Waals surface area (Å²) in [4.78, 5) is 16.9. The number of hydrogen-bond donors (Lipinski definition) is 1. The fourth-order valence-electron chi connectivity index (χ4n) is 4.66. The van der Waals surface area contributed by atoms with E-state index in [0.29, 0.717) is 19.6 Å². The summed E-state index contributed by atoms with van der Waals surface area (Å²) in [6.45, 7) is 13.2. The third-order valence-electron chi connectivity index (χ3n) is 6.07. The number of anilines is 1. The zero-order chi connectivity index (χ0) is 21.2. The van der Waals surface area contributed by atoms with Gasteiger partial charge >= 0.3 is 6.09 Å². The highest BCUT2D eigenvalue weighted by atomic mass is 16.6. The van der Waals surface area contributed by atoms with E-state index in [4.69, 9.17) is 4.74 Å². The first-order chi connectivity index (χ1) is 13.7. The zero-order valence-electron chi connectivity index (χ0n) is 18.9. The Balaban J connectivity index is 1.89. The first-order valence-electron chi connectivity index (χ1n) is 11.3. The van der Waals surface area contributed by atoms with Gasteiger partial charge in [-0.3, -0.25) is 0 Å². The summed E-state index contributed by atoms with van der Waals surface area (Å²) < 4.78 is 5.61. The molecule has 2 heterocycles. The van der Waals surface area contributed by atoms with Gasteiger partial charge in [-0.05, 0) is 81.5 Å². The topological polar surface area (TPSA) is 53.0 Å². The predicted octanol–water partition coefficient (Wildman–Crippen LogP) is 4.11. The van der Waals surface area contributed by atoms with Gasteiger partial charge in [-0.25, -0.2) is 4.79 Å². The van der Waals surface area contributed by atoms with Crippen LogP contribution in [0.2, 0.25) is 0 Å². The molecule has 1 N–H and O–H groups in total. The van der Waals surface area contributed by atoms with Crippen molar-refractivity contribution in [3.8, 4) is 0 Å². The van der Waals surface area contributed by atoms with Crippen molar-refractivity contribution in [2.75, 3.05) is 31.1 Å². The molecule has 0 aliphatic carbocycles. The molecule has 0 bridgehead atoms. The SMILES string of the molecule is CCc1c2c(cc3c1N(CC(O)CC)CCC3)CCN(C(=O)OC(C)(C)C)CC2. The monoisotopic (exact) mass is 402 g/mol. The molecule has 1 aromatic carbocycles. The van der Waals surface area contributed by atoms with E-state index in [1.165, 1.54) is 27.9 Å². The Morgan fingerprint density at radius 3 is 2.52 bits per heavy atom. The standard InChI is InChI=1S/C24H38N2O3/c1-6-19(27)16-26-12-8-9-18-15-17-10-13-25(23(28)29-24(3,4)5)14-11-21(17)20(7-2)22(18)26/h15,19,27H,6-14,16H2,1-5H3. The summed E-state index contributed by atoms with van der Waals surface area (Å²) in [6, 6.07) is 2.38. The van der Waals surface area contributed by atoms with Gasteiger partial charge in [0.1, 0.15) is 5.60 Å². The van der Waals surface area contributed by atoms with Crippen LogP contribution in [-0.4, -0.2) is 54.0 Å². The number of benzene rings is 1. The minimum absolute atomic E-state index is 0.208. The number of carbonyl (C=O) groups is 1. The van der Waals surface area contributed by atoms with Crippen molar-refractivity contribution in [1.82, 2.24) is 4.90 Å². The molecule has 1 atom stereocenters. The molecule has 1 aromatic rings. The van der Waals surface area contributed by atoms with E-state index in [-0.39, 0.29) is 12.2 Å². The van der Waals surface area contributed by atoms with Crippen molar-refractivity contribution in [2.45, 2.75) is 84.8 Å². The number of nitrogens with zero attached hydrogens (tertiary/aromatic N) is 2. The van der Waals surface area contributed by atoms with Crippen LogP contribution in [0.5, 0.6) is 0 Å². The fourth-order valence-corrected chi connectivity index (χ4v) is 4.66. The molecular formula is C24H38N2O3. The van der Waals surface area contributed by atoms with Gasteiger partial charge in [-0.1, -0.05) is 19.9 Å². The van der Waals surface area contributed by atoms with Crippen molar-refractivity contribution >= 4 is 11.8 Å². The zero-order valence-corrected chi connectivity index (χ0v) is 18.9. The first-order valence-corrected chi connectivity index (χ1v) is 11.3. The van der Waals surface area contributed by atoms with E-state index in [1.807, 2.05) is 32.6 Å². The second kappa shape index (κ2) is 8.95. The third-order valence-corrected chi connectivity index (χ3v) is 6.07. The minimum Gasteiger partial charge on any atom is -0.444 e. The summed E-state index contributed by atoms with van der Waals surface area (Å²) in [7, 11) is 0. The molecule has 3 rings (SSSR count). The smallest absolute Gasteiger partial charge is 0.410 e. The summed E-state index contributed by atoms with van der Waals surface area (Å²) in [5.41, 5.74) is 6.53. The van der Waals surface area contributed by atoms with Crippen molar-refractivity contribution in [2.24, 2.45) is 0 Å². The Morgan fingerprint density at radius 1 is 1.14 bits per heavy atom. The number of aliphatic hydroxyl groups is 1. The Hall–Kier alpha value is -1.75. The number of carbonyl (C=O) groups excluding carboxylic acids is 1. The normalized spacial score (nSPS) is 18.0. The van der Waals surface area contributed by atoms with Gasteiger partial charge in [0, 0.05) is 31.9 Å². The lowest BCUT2D eigenvalue weighted by atomic mass is 9.87. The molecule has 0 saturated carbocycles. The maximum atomic E-state index is 12.6. The summed E-state index contributed by atoms with van der Waals surface area (Å²) in [6.07, 6.45) is 5.26. The van der Waals surface area contributed by atoms with Crippen LogP contribution in [0.3, 0.4) is 0 Å². The Bertz CT molecular complexity index is 739. The van der Waals surface area contributed by atoms with Gasteiger partial charge in [0.05, 0.1) is 6.10 Å². The number of ether oxygens (including phenoxy) is 1. The molecule has 1 amide bonds. The van der Waals surface area contributed by atoms with Crippen LogP contribution in [0.1, 0.15) is 69.7 Å². The number of aliphatic hydroxyl groups excluding tert-OH is 1. The average molecular weight is 403 g/mol. The van der Waals surface area contributed by atoms with Gasteiger partial charge < -0.3 is 19.6 Å². The fraction of sp³-hybridized carbons (Fsp3) is 0.708. The molecule has 2 aliphatic rings. The summed E-state index contributed by atoms with van der Waals surface area (Å²) >= 11 is 0. The lowest BCUT2D eigenvalue weighted by Gasteiger charge is -2.36. The second-order valence-corrected chi connectivity index (χ2v) is 9.43. The molecule has 2 aliphatic heterocycles. The van der Waals surface area contributed by atoms with E-state index in [0.717, 1.165) is 45.1 Å². The molecule has 0 radical (unpaired) electrons. The molecule has 5 heteroatoms. The quantitative estimate of drug-likeness (QED) is 0.824. The van der Waals surface area contributed by atoms with Crippen LogP contribution in [0.4, 0.5) is 10.5 Å². The largest absolute Gasteiger partial charge is 0.444 e. The molecular weight excluding hydrogens is 364 g/mol. The van der Waals surface area contributed by atoms with Gasteiger partial charge in [0.2, 0.25) is 0 Å². The van der Waals surface area contributed by atoms with Crippen LogP contribution >= 0.6 is 0 Å². The van der Waals surface area contributed by atoms with E-state index >= 15 is 0 Å². The van der Waals surface area contributed by atoms with Crippen LogP contribution in [0.15, 0.2) is 6.07 Å². The molecule has 0 aromatic heterocycles. The highest BCUT2D eigenvalue weighted by Gasteiger charge is 2.29. The number of β-amino-alcohol motifs (C(OH)–C–C–N with tert-alkyl or cyclic N) is 1. The van der Waals surface area contributed by atoms with Crippen LogP contribution in [-0.2, 0) is 30.4 Å². The van der Waals surface area contributed by atoms with Crippen molar-refractivity contribution in [3.05, 3.63) is 28.3 Å². The third kappa shape index (κ3) is 5.06. The van der Waals surface area contributed by atoms with Crippen molar-refractivity contribution < 1.29 is 14.6 Å². The highest BCUT2D eigenvalue weighted by molar-refractivity contribution is 5.69. The van der Waals surface area contributed by atoms with E-state index in [2.05, 4.69) is 17.9 Å². The van der Waals surface area contributed by atoms with Crippen molar-refractivity contribution in [3.63, 3.8) is 0 Å². The molecule has 0 saturated heterocycles. The Morgan fingerprint density at radius 2 is 1.86 bits per heavy atom. The molecule has 0 fully saturated rings. The first kappa shape index (κ1) is 21.9. The van der Waals surface area contributed by atoms with E-state index in [9.17, 15) is 9.90 Å². The van der Waals surface area contributed by atoms with E-state index in [1.54, 1.807) is 0 Å². The highest BCUT2D eigenvalue weighted by Crippen LogP contribution is 2.37. The average Bonchev–Trinajstić information content (AvgIpc) is 2.87. The van der Waals surface area contributed by atoms with Gasteiger partial charge in [0.25, 0.3) is 0 Å². The lowest BCUT2D eigenvalue weighted by molar-refractivity contribution is 0.0258. The van der Waals surface area contributed by atoms with E-state index < -0.39 is 5.60 Å². The number of aryl methyl sites for hydroxylation is 1. The van der Waals surface area contributed by atoms with Crippen LogP contribution in [0, 0.1) is 0 Å². The van der Waals surface area contributed by atoms with Gasteiger partial charge in [-0.2, -0.15) is 0 Å². The van der Waals surface area contributed by atoms with Gasteiger partial charge in [0.15, 0.2) is 0 Å². The Labute approximate surface area is 176 Å². The van der Waals surface area contributed by atoms with Gasteiger partial charge in [-0.15, -0.1) is 0 Å². The molecule has 162 valence electrons. The number of hydrogen-bond acceptors (Lipinski definition) is 4. The minimum atomic E-state index is -0.468. The molecule has 0 spiro atoms. The summed E-state index contributed by atoms with van der Waals surface area (Å²) in [5, 5.41) is 10.3. The lowest BCUT2D eigenvalue weighted by Crippen LogP contribution is -2.38. The second-order valence-electron chi connectivity index (χ2n) is 9.43. The summed E-state index contributed by atoms with van der Waals surface area (Å²) in [5.74, 6) is 0. The van der Waals surface area contributed by atoms with Crippen LogP contribution in [0.25, 0.3) is 0 Å². The maximum Gasteiger partial charge on any atom is 0.410 e. The number of rotatable bonds is 4. The van der Waals surface area contributed by atoms with Crippen LogP contribution < -0.4 is 4.90 Å². The molecule has 1 unspecified atom stereocenters. The van der Waals surface area contributed by atoms with Crippen molar-refractivity contribution in [1.29, 1.82) is 0 Å². The number of amides is 1. The number of fused-ring (bicyclic) bond motifs is 2. The molecule has 5 nitrogen and oxygen atoms in total. The molecule has 29 heavy (non-hydrogen) atoms. The predicted molar refractivity (Wildman–Crippen MR) is 118 cm³/mol.